The SMILES string of the molecule is CCN(C)C(=O)C(C)NCCNC(=O)OC(C)(C)C. The van der Waals surface area contributed by atoms with Crippen molar-refractivity contribution in [3.8, 4) is 0 Å². The van der Waals surface area contributed by atoms with Crippen LogP contribution < -0.4 is 10.6 Å². The van der Waals surface area contributed by atoms with E-state index in [9.17, 15) is 9.59 Å². The van der Waals surface area contributed by atoms with Crippen LogP contribution in [0.5, 0.6) is 0 Å². The maximum atomic E-state index is 11.7. The minimum absolute atomic E-state index is 0.0415. The summed E-state index contributed by atoms with van der Waals surface area (Å²) in [6.07, 6.45) is -0.445. The Morgan fingerprint density at radius 3 is 2.32 bits per heavy atom. The van der Waals surface area contributed by atoms with Crippen molar-refractivity contribution in [2.45, 2.75) is 46.3 Å². The molecule has 0 fully saturated rings. The highest BCUT2D eigenvalue weighted by Crippen LogP contribution is 2.05. The van der Waals surface area contributed by atoms with Crippen molar-refractivity contribution in [2.24, 2.45) is 0 Å². The first-order valence-corrected chi connectivity index (χ1v) is 6.62. The highest BCUT2D eigenvalue weighted by Gasteiger charge is 2.17. The van der Waals surface area contributed by atoms with Gasteiger partial charge in [-0.2, -0.15) is 0 Å². The third-order valence-corrected chi connectivity index (χ3v) is 2.46. The molecule has 0 aliphatic rings. The van der Waals surface area contributed by atoms with Crippen LogP contribution in [0.4, 0.5) is 4.79 Å². The van der Waals surface area contributed by atoms with Crippen LogP contribution in [0.3, 0.4) is 0 Å². The third-order valence-electron chi connectivity index (χ3n) is 2.46. The molecule has 112 valence electrons. The van der Waals surface area contributed by atoms with Gasteiger partial charge < -0.3 is 20.3 Å². The van der Waals surface area contributed by atoms with Gasteiger partial charge in [0.25, 0.3) is 0 Å². The van der Waals surface area contributed by atoms with Crippen LogP contribution in [0, 0.1) is 0 Å². The summed E-state index contributed by atoms with van der Waals surface area (Å²) in [4.78, 5) is 24.7. The predicted octanol–water partition coefficient (Wildman–Crippen LogP) is 0.968. The maximum Gasteiger partial charge on any atom is 0.407 e. The number of alkyl carbamates (subject to hydrolysis) is 1. The summed E-state index contributed by atoms with van der Waals surface area (Å²) in [5.74, 6) is 0.0415. The lowest BCUT2D eigenvalue weighted by molar-refractivity contribution is -0.131. The first-order chi connectivity index (χ1) is 8.67. The smallest absolute Gasteiger partial charge is 0.407 e. The van der Waals surface area contributed by atoms with E-state index in [2.05, 4.69) is 10.6 Å². The van der Waals surface area contributed by atoms with E-state index < -0.39 is 11.7 Å². The molecule has 19 heavy (non-hydrogen) atoms. The summed E-state index contributed by atoms with van der Waals surface area (Å²) in [5, 5.41) is 5.68. The van der Waals surface area contributed by atoms with E-state index >= 15 is 0 Å². The fraction of sp³-hybridized carbons (Fsp3) is 0.846. The molecule has 0 saturated carbocycles. The molecule has 0 bridgehead atoms. The van der Waals surface area contributed by atoms with Gasteiger partial charge in [-0.25, -0.2) is 4.79 Å². The minimum Gasteiger partial charge on any atom is -0.444 e. The molecule has 0 rings (SSSR count). The van der Waals surface area contributed by atoms with E-state index in [1.165, 1.54) is 0 Å². The Balaban J connectivity index is 3.81. The summed E-state index contributed by atoms with van der Waals surface area (Å²) in [7, 11) is 1.76. The molecular formula is C13H27N3O3. The summed E-state index contributed by atoms with van der Waals surface area (Å²) < 4.78 is 5.09. The van der Waals surface area contributed by atoms with E-state index in [-0.39, 0.29) is 11.9 Å². The van der Waals surface area contributed by atoms with Gasteiger partial charge in [-0.05, 0) is 34.6 Å². The normalized spacial score (nSPS) is 12.7. The zero-order chi connectivity index (χ0) is 15.1. The number of hydrogen-bond donors (Lipinski definition) is 2. The number of carbonyl (C=O) groups is 2. The molecule has 1 unspecified atom stereocenters. The lowest BCUT2D eigenvalue weighted by atomic mass is 10.2. The molecule has 0 radical (unpaired) electrons. The fourth-order valence-corrected chi connectivity index (χ4v) is 1.34. The van der Waals surface area contributed by atoms with Crippen LogP contribution >= 0.6 is 0 Å². The Kier molecular flexibility index (Phi) is 7.44. The molecule has 0 spiro atoms. The van der Waals surface area contributed by atoms with Gasteiger partial charge in [-0.1, -0.05) is 0 Å². The summed E-state index contributed by atoms with van der Waals surface area (Å²) in [6.45, 7) is 10.8. The number of carbonyl (C=O) groups excluding carboxylic acids is 2. The van der Waals surface area contributed by atoms with Crippen LogP contribution in [0.1, 0.15) is 34.6 Å². The lowest BCUT2D eigenvalue weighted by Gasteiger charge is -2.21. The van der Waals surface area contributed by atoms with Crippen molar-refractivity contribution in [1.29, 1.82) is 0 Å². The lowest BCUT2D eigenvalue weighted by Crippen LogP contribution is -2.45. The average Bonchev–Trinajstić information content (AvgIpc) is 2.30. The second-order valence-corrected chi connectivity index (χ2v) is 5.46. The van der Waals surface area contributed by atoms with Crippen molar-refractivity contribution in [3.05, 3.63) is 0 Å². The van der Waals surface area contributed by atoms with Gasteiger partial charge in [0.1, 0.15) is 5.60 Å². The average molecular weight is 273 g/mol. The Hall–Kier alpha value is -1.30. The monoisotopic (exact) mass is 273 g/mol. The number of nitrogens with one attached hydrogen (secondary N) is 2. The first kappa shape index (κ1) is 17.7. The molecule has 6 heteroatoms. The fourth-order valence-electron chi connectivity index (χ4n) is 1.34. The van der Waals surface area contributed by atoms with Gasteiger partial charge in [0.05, 0.1) is 6.04 Å². The third kappa shape index (κ3) is 8.42. The zero-order valence-electron chi connectivity index (χ0n) is 12.9. The van der Waals surface area contributed by atoms with Crippen LogP contribution in [-0.2, 0) is 9.53 Å². The second kappa shape index (κ2) is 7.99. The highest BCUT2D eigenvalue weighted by molar-refractivity contribution is 5.81. The number of ether oxygens (including phenoxy) is 1. The van der Waals surface area contributed by atoms with Crippen molar-refractivity contribution in [1.82, 2.24) is 15.5 Å². The Morgan fingerprint density at radius 2 is 1.84 bits per heavy atom. The number of hydrogen-bond acceptors (Lipinski definition) is 4. The number of amides is 2. The van der Waals surface area contributed by atoms with Crippen molar-refractivity contribution in [2.75, 3.05) is 26.7 Å². The number of likely N-dealkylation sites (N-methyl/N-ethyl adjacent to an activating group) is 1. The standard InChI is InChI=1S/C13H27N3O3/c1-7-16(6)11(17)10(2)14-8-9-15-12(18)19-13(3,4)5/h10,14H,7-9H2,1-6H3,(H,15,18). The Bertz CT molecular complexity index is 300. The molecular weight excluding hydrogens is 246 g/mol. The van der Waals surface area contributed by atoms with Gasteiger partial charge in [0, 0.05) is 26.7 Å². The quantitative estimate of drug-likeness (QED) is 0.707. The predicted molar refractivity (Wildman–Crippen MR) is 75.0 cm³/mol. The second-order valence-electron chi connectivity index (χ2n) is 5.46. The van der Waals surface area contributed by atoms with E-state index in [1.807, 2.05) is 34.6 Å². The van der Waals surface area contributed by atoms with Crippen LogP contribution in [-0.4, -0.2) is 55.2 Å². The van der Waals surface area contributed by atoms with Crippen molar-refractivity contribution < 1.29 is 14.3 Å². The molecule has 0 saturated heterocycles. The van der Waals surface area contributed by atoms with Gasteiger partial charge in [0.2, 0.25) is 5.91 Å². The molecule has 0 heterocycles. The maximum absolute atomic E-state index is 11.7. The van der Waals surface area contributed by atoms with E-state index in [4.69, 9.17) is 4.74 Å². The van der Waals surface area contributed by atoms with E-state index in [1.54, 1.807) is 11.9 Å². The molecule has 0 aliphatic heterocycles. The Morgan fingerprint density at radius 1 is 1.26 bits per heavy atom. The van der Waals surface area contributed by atoms with Crippen molar-refractivity contribution >= 4 is 12.0 Å². The van der Waals surface area contributed by atoms with Crippen LogP contribution in [0.25, 0.3) is 0 Å². The molecule has 6 nitrogen and oxygen atoms in total. The van der Waals surface area contributed by atoms with E-state index in [0.29, 0.717) is 19.6 Å². The number of rotatable bonds is 6. The van der Waals surface area contributed by atoms with Crippen LogP contribution in [0.2, 0.25) is 0 Å². The highest BCUT2D eigenvalue weighted by atomic mass is 16.6. The van der Waals surface area contributed by atoms with Crippen LogP contribution in [0.15, 0.2) is 0 Å². The molecule has 0 aromatic rings. The zero-order valence-corrected chi connectivity index (χ0v) is 12.9. The first-order valence-electron chi connectivity index (χ1n) is 6.62. The Labute approximate surface area is 115 Å². The number of nitrogens with zero attached hydrogens (tertiary/aromatic N) is 1. The molecule has 0 aliphatic carbocycles. The molecule has 0 aromatic carbocycles. The summed E-state index contributed by atoms with van der Waals surface area (Å²) in [6, 6.07) is -0.259. The van der Waals surface area contributed by atoms with E-state index in [0.717, 1.165) is 0 Å². The van der Waals surface area contributed by atoms with Gasteiger partial charge in [0.15, 0.2) is 0 Å². The van der Waals surface area contributed by atoms with Gasteiger partial charge >= 0.3 is 6.09 Å². The molecule has 2 N–H and O–H groups in total. The summed E-state index contributed by atoms with van der Waals surface area (Å²) >= 11 is 0. The largest absolute Gasteiger partial charge is 0.444 e. The topological polar surface area (TPSA) is 70.7 Å². The van der Waals surface area contributed by atoms with Crippen molar-refractivity contribution in [3.63, 3.8) is 0 Å². The molecule has 0 aromatic heterocycles. The van der Waals surface area contributed by atoms with Gasteiger partial charge in [-0.15, -0.1) is 0 Å². The summed E-state index contributed by atoms with van der Waals surface area (Å²) in [5.41, 5.74) is -0.495. The minimum atomic E-state index is -0.495. The van der Waals surface area contributed by atoms with Gasteiger partial charge in [-0.3, -0.25) is 4.79 Å². The molecule has 2 amide bonds. The molecule has 1 atom stereocenters.